The molecule has 5 fully saturated rings. The van der Waals surface area contributed by atoms with E-state index in [0.717, 1.165) is 56.7 Å². The van der Waals surface area contributed by atoms with E-state index in [4.69, 9.17) is 28.4 Å². The molecule has 3 heterocycles. The largest absolute Gasteiger partial charge is 0.451 e. The number of esters is 4. The molecular weight excluding hydrogens is 1070 g/mol. The van der Waals surface area contributed by atoms with Gasteiger partial charge in [0.1, 0.15) is 35.5 Å². The molecule has 2 aromatic carbocycles. The van der Waals surface area contributed by atoms with Gasteiger partial charge in [-0.1, -0.05) is 49.9 Å². The number of cyclic esters (lactones) is 4. The standard InChI is InChI=1S/C60H84F2N6O14/c1-37-51(69)65(9)47(35-59(3,4)61)57(75)81-50(34-42-17-21-44(22-18-42)68-25-29-78-30-26-68)54(72)64(8)46(32-40-13-14-40)56(74)80-38(2)52(70)66(10)48(36-60(5,6)62)58(76)82-49(53(71)63(7)45(55(73)79-37)31-39-11-12-39)33-41-15-19-43(20-16-41)67-23-27-77-28-24-67/h15-22,37-40,45-50H,11-14,23-36H2,1-10H3/t37-,38-,45+,46?,47+,48+,49-,50-/m1/s1. The average molecular weight is 1150 g/mol. The highest BCUT2D eigenvalue weighted by atomic mass is 19.1. The first-order chi connectivity index (χ1) is 38.7. The van der Waals surface area contributed by atoms with Crippen molar-refractivity contribution in [1.29, 1.82) is 0 Å². The van der Waals surface area contributed by atoms with Crippen LogP contribution in [-0.4, -0.2) is 208 Å². The molecule has 7 rings (SSSR count). The van der Waals surface area contributed by atoms with Crippen molar-refractivity contribution in [3.8, 4) is 0 Å². The van der Waals surface area contributed by atoms with Crippen LogP contribution in [0.1, 0.15) is 104 Å². The summed E-state index contributed by atoms with van der Waals surface area (Å²) in [7, 11) is 5.14. The molecule has 0 radical (unpaired) electrons. The number of anilines is 2. The predicted molar refractivity (Wildman–Crippen MR) is 298 cm³/mol. The Bertz CT molecular complexity index is 2400. The van der Waals surface area contributed by atoms with Gasteiger partial charge in [0.05, 0.1) is 26.4 Å². The van der Waals surface area contributed by atoms with Gasteiger partial charge in [0.15, 0.2) is 24.4 Å². The number of ether oxygens (including phenoxy) is 6. The van der Waals surface area contributed by atoms with Crippen LogP contribution >= 0.6 is 0 Å². The maximum absolute atomic E-state index is 15.9. The molecule has 2 aromatic rings. The van der Waals surface area contributed by atoms with Crippen LogP contribution in [0.15, 0.2) is 48.5 Å². The Hall–Kier alpha value is -6.42. The van der Waals surface area contributed by atoms with Crippen molar-refractivity contribution in [2.45, 2.75) is 166 Å². The number of rotatable bonds is 14. The topological polar surface area (TPSA) is 211 Å². The Morgan fingerprint density at radius 2 is 0.732 bits per heavy atom. The Morgan fingerprint density at radius 1 is 0.439 bits per heavy atom. The molecule has 452 valence electrons. The molecule has 0 N–H and O–H groups in total. The average Bonchev–Trinajstić information content (AvgIpc) is 4.54. The Labute approximate surface area is 480 Å². The molecule has 5 aliphatic rings. The lowest BCUT2D eigenvalue weighted by Crippen LogP contribution is -2.55. The number of nitrogens with zero attached hydrogens (tertiary/aromatic N) is 6. The van der Waals surface area contributed by atoms with Crippen molar-refractivity contribution in [2.24, 2.45) is 11.8 Å². The maximum atomic E-state index is 15.9. The zero-order valence-corrected chi connectivity index (χ0v) is 49.3. The second kappa shape index (κ2) is 27.3. The minimum absolute atomic E-state index is 0.0127. The fraction of sp³-hybridized carbons (Fsp3) is 0.667. The fourth-order valence-electron chi connectivity index (χ4n) is 10.6. The quantitative estimate of drug-likeness (QED) is 0.179. The summed E-state index contributed by atoms with van der Waals surface area (Å²) in [5, 5.41) is 0. The van der Waals surface area contributed by atoms with Gasteiger partial charge in [0, 0.05) is 91.4 Å². The molecule has 22 heteroatoms. The summed E-state index contributed by atoms with van der Waals surface area (Å²) in [4.78, 5) is 126. The molecule has 0 bridgehead atoms. The second-order valence-electron chi connectivity index (χ2n) is 24.0. The van der Waals surface area contributed by atoms with Crippen molar-refractivity contribution < 1.29 is 75.6 Å². The third-order valence-electron chi connectivity index (χ3n) is 16.0. The summed E-state index contributed by atoms with van der Waals surface area (Å²) in [5.74, 6) is -7.87. The highest BCUT2D eigenvalue weighted by Gasteiger charge is 2.46. The summed E-state index contributed by atoms with van der Waals surface area (Å²) in [6, 6.07) is 8.46. The molecule has 20 nitrogen and oxygen atoms in total. The predicted octanol–water partition coefficient (Wildman–Crippen LogP) is 5.03. The lowest BCUT2D eigenvalue weighted by atomic mass is 9.99. The van der Waals surface area contributed by atoms with Crippen LogP contribution in [0.4, 0.5) is 20.2 Å². The molecule has 0 spiro atoms. The number of carbonyl (C=O) groups is 8. The van der Waals surface area contributed by atoms with Crippen LogP contribution < -0.4 is 9.80 Å². The highest BCUT2D eigenvalue weighted by molar-refractivity contribution is 5.94. The number of halogens is 2. The summed E-state index contributed by atoms with van der Waals surface area (Å²) >= 11 is 0. The number of hydrogen-bond acceptors (Lipinski definition) is 16. The zero-order valence-electron chi connectivity index (χ0n) is 49.3. The van der Waals surface area contributed by atoms with E-state index < -0.39 is 120 Å². The molecule has 2 saturated carbocycles. The van der Waals surface area contributed by atoms with E-state index in [1.807, 2.05) is 24.3 Å². The van der Waals surface area contributed by atoms with Crippen LogP contribution in [0.2, 0.25) is 0 Å². The van der Waals surface area contributed by atoms with Crippen LogP contribution in [0.25, 0.3) is 0 Å². The van der Waals surface area contributed by atoms with Gasteiger partial charge in [-0.05, 0) is 102 Å². The summed E-state index contributed by atoms with van der Waals surface area (Å²) in [6.45, 7) is 12.2. The van der Waals surface area contributed by atoms with E-state index in [1.54, 1.807) is 24.3 Å². The number of alkyl halides is 2. The van der Waals surface area contributed by atoms with Gasteiger partial charge in [-0.25, -0.2) is 28.0 Å². The van der Waals surface area contributed by atoms with Crippen LogP contribution in [0, 0.1) is 11.8 Å². The number of morpholine rings is 2. The molecule has 3 aliphatic heterocycles. The minimum atomic E-state index is -2.10. The van der Waals surface area contributed by atoms with Gasteiger partial charge in [-0.2, -0.15) is 0 Å². The van der Waals surface area contributed by atoms with Crippen molar-refractivity contribution in [2.75, 3.05) is 90.6 Å². The summed E-state index contributed by atoms with van der Waals surface area (Å²) in [6.07, 6.45) is -5.10. The minimum Gasteiger partial charge on any atom is -0.451 e. The number of hydrogen-bond donors (Lipinski definition) is 0. The van der Waals surface area contributed by atoms with Crippen molar-refractivity contribution in [3.63, 3.8) is 0 Å². The first kappa shape index (κ1) is 63.2. The van der Waals surface area contributed by atoms with Crippen molar-refractivity contribution in [1.82, 2.24) is 19.6 Å². The van der Waals surface area contributed by atoms with Gasteiger partial charge in [0.25, 0.3) is 23.6 Å². The molecule has 8 atom stereocenters. The smallest absolute Gasteiger partial charge is 0.329 e. The van der Waals surface area contributed by atoms with Gasteiger partial charge >= 0.3 is 23.9 Å². The van der Waals surface area contributed by atoms with Crippen LogP contribution in [0.5, 0.6) is 0 Å². The summed E-state index contributed by atoms with van der Waals surface area (Å²) in [5.41, 5.74) is -1.31. The number of benzene rings is 2. The summed E-state index contributed by atoms with van der Waals surface area (Å²) < 4.78 is 66.7. The molecule has 0 aromatic heterocycles. The molecule has 3 saturated heterocycles. The lowest BCUT2D eigenvalue weighted by molar-refractivity contribution is -0.176. The Kier molecular flexibility index (Phi) is 21.0. The van der Waals surface area contributed by atoms with Crippen molar-refractivity contribution >= 4 is 58.9 Å². The van der Waals surface area contributed by atoms with E-state index in [1.165, 1.54) is 69.7 Å². The lowest BCUT2D eigenvalue weighted by Gasteiger charge is -2.36. The molecule has 2 aliphatic carbocycles. The monoisotopic (exact) mass is 1150 g/mol. The SMILES string of the molecule is C[C@H]1OC(=O)C(CC2CC2)N(C)C(=O)[C@@H](Cc2ccc(N3CCOCC3)cc2)OC(=O)[C@H](CC(C)(C)F)N(C)C(=O)[C@@H](C)OC(=O)[C@H](CC2CC2)N(C)C(=O)[C@@H](Cc2ccc(N3CCOCC3)cc2)OC(=O)[C@H](CC(C)(C)F)N(C)C1=O. The molecular formula is C60H84F2N6O14. The van der Waals surface area contributed by atoms with Crippen LogP contribution in [-0.2, 0) is 79.6 Å². The van der Waals surface area contributed by atoms with Gasteiger partial charge < -0.3 is 57.8 Å². The Balaban J connectivity index is 1.26. The highest BCUT2D eigenvalue weighted by Crippen LogP contribution is 2.37. The first-order valence-corrected chi connectivity index (χ1v) is 28.8. The molecule has 4 amide bonds. The third kappa shape index (κ3) is 17.3. The number of amides is 4. The third-order valence-corrected chi connectivity index (χ3v) is 16.0. The van der Waals surface area contributed by atoms with Gasteiger partial charge in [0.2, 0.25) is 0 Å². The van der Waals surface area contributed by atoms with Gasteiger partial charge in [-0.3, -0.25) is 19.2 Å². The van der Waals surface area contributed by atoms with Gasteiger partial charge in [-0.15, -0.1) is 0 Å². The number of likely N-dealkylation sites (N-methyl/N-ethyl adjacent to an activating group) is 4. The van der Waals surface area contributed by atoms with E-state index in [-0.39, 0.29) is 37.5 Å². The second-order valence-corrected chi connectivity index (χ2v) is 24.0. The zero-order chi connectivity index (χ0) is 59.8. The maximum Gasteiger partial charge on any atom is 0.329 e. The molecule has 82 heavy (non-hydrogen) atoms. The first-order valence-electron chi connectivity index (χ1n) is 28.8. The van der Waals surface area contributed by atoms with E-state index in [9.17, 15) is 28.8 Å². The van der Waals surface area contributed by atoms with E-state index in [0.29, 0.717) is 63.7 Å². The fourth-order valence-corrected chi connectivity index (χ4v) is 10.6. The number of carbonyl (C=O) groups excluding carboxylic acids is 8. The normalized spacial score (nSPS) is 27.2. The van der Waals surface area contributed by atoms with Crippen molar-refractivity contribution in [3.05, 3.63) is 59.7 Å². The molecule has 1 unspecified atom stereocenters. The van der Waals surface area contributed by atoms with Crippen LogP contribution in [0.3, 0.4) is 0 Å². The van der Waals surface area contributed by atoms with E-state index >= 15 is 18.4 Å². The Morgan fingerprint density at radius 3 is 1.02 bits per heavy atom. The van der Waals surface area contributed by atoms with E-state index in [2.05, 4.69) is 9.80 Å².